The smallest absolute Gasteiger partial charge is 0.416 e. The number of carboxylic acid groups (broad SMARTS) is 1. The summed E-state index contributed by atoms with van der Waals surface area (Å²) in [7, 11) is 0. The molecule has 7 heteroatoms. The highest BCUT2D eigenvalue weighted by atomic mass is 16.6. The number of pyridine rings is 1. The summed E-state index contributed by atoms with van der Waals surface area (Å²) in [6.45, 7) is 5.72. The van der Waals surface area contributed by atoms with Crippen molar-refractivity contribution in [2.24, 2.45) is 5.41 Å². The van der Waals surface area contributed by atoms with E-state index in [0.29, 0.717) is 17.1 Å². The number of carbonyl (C=O) groups excluding carboxylic acids is 1. The van der Waals surface area contributed by atoms with Gasteiger partial charge in [-0.2, -0.15) is 0 Å². The molecule has 3 aliphatic rings. The molecule has 0 radical (unpaired) electrons. The van der Waals surface area contributed by atoms with Crippen molar-refractivity contribution in [1.82, 2.24) is 4.98 Å². The fourth-order valence-corrected chi connectivity index (χ4v) is 3.86. The second kappa shape index (κ2) is 5.34. The van der Waals surface area contributed by atoms with E-state index in [1.807, 2.05) is 18.7 Å². The third-order valence-corrected chi connectivity index (χ3v) is 5.74. The zero-order valence-corrected chi connectivity index (χ0v) is 14.6. The van der Waals surface area contributed by atoms with E-state index in [1.54, 1.807) is 12.1 Å². The maximum absolute atomic E-state index is 12.1. The van der Waals surface area contributed by atoms with Crippen LogP contribution in [0, 0.1) is 5.41 Å². The summed E-state index contributed by atoms with van der Waals surface area (Å²) >= 11 is 0. The van der Waals surface area contributed by atoms with Gasteiger partial charge in [0, 0.05) is 13.1 Å². The van der Waals surface area contributed by atoms with E-state index in [-0.39, 0.29) is 12.2 Å². The van der Waals surface area contributed by atoms with Crippen LogP contribution in [0.15, 0.2) is 12.1 Å². The first-order chi connectivity index (χ1) is 11.8. The molecular weight excluding hydrogens is 322 g/mol. The number of aromatic carboxylic acids is 1. The van der Waals surface area contributed by atoms with Gasteiger partial charge in [-0.05, 0) is 57.1 Å². The van der Waals surface area contributed by atoms with Gasteiger partial charge in [-0.3, -0.25) is 4.90 Å². The van der Waals surface area contributed by atoms with Crippen molar-refractivity contribution in [3.8, 4) is 0 Å². The van der Waals surface area contributed by atoms with Crippen molar-refractivity contribution in [3.05, 3.63) is 17.7 Å². The zero-order valence-electron chi connectivity index (χ0n) is 14.6. The summed E-state index contributed by atoms with van der Waals surface area (Å²) in [5.74, 6) is -0.0979. The van der Waals surface area contributed by atoms with Gasteiger partial charge in [-0.1, -0.05) is 0 Å². The summed E-state index contributed by atoms with van der Waals surface area (Å²) in [5.41, 5.74) is 0.172. The van der Waals surface area contributed by atoms with Crippen LogP contribution >= 0.6 is 0 Å². The molecule has 25 heavy (non-hydrogen) atoms. The minimum Gasteiger partial charge on any atom is -0.478 e. The molecule has 134 valence electrons. The molecular formula is C18H23N3O4. The van der Waals surface area contributed by atoms with Crippen LogP contribution in [-0.4, -0.2) is 47.4 Å². The topological polar surface area (TPSA) is 83.0 Å². The minimum atomic E-state index is -0.996. The Morgan fingerprint density at radius 3 is 2.40 bits per heavy atom. The van der Waals surface area contributed by atoms with Gasteiger partial charge < -0.3 is 14.7 Å². The van der Waals surface area contributed by atoms with E-state index in [9.17, 15) is 14.7 Å². The van der Waals surface area contributed by atoms with Crippen LogP contribution in [0.3, 0.4) is 0 Å². The van der Waals surface area contributed by atoms with E-state index in [1.165, 1.54) is 17.7 Å². The number of anilines is 2. The predicted octanol–water partition coefficient (Wildman–Crippen LogP) is 2.90. The third-order valence-electron chi connectivity index (χ3n) is 5.74. The van der Waals surface area contributed by atoms with Gasteiger partial charge >= 0.3 is 12.1 Å². The molecule has 3 heterocycles. The van der Waals surface area contributed by atoms with E-state index >= 15 is 0 Å². The number of carbonyl (C=O) groups is 2. The Bertz CT molecular complexity index is 732. The minimum absolute atomic E-state index is 0.181. The first-order valence-corrected chi connectivity index (χ1v) is 8.78. The average molecular weight is 345 g/mol. The number of rotatable bonds is 3. The lowest BCUT2D eigenvalue weighted by molar-refractivity contribution is 0.0697. The van der Waals surface area contributed by atoms with Crippen LogP contribution in [0.1, 0.15) is 49.9 Å². The quantitative estimate of drug-likeness (QED) is 0.907. The molecule has 2 aliphatic heterocycles. The molecule has 4 rings (SSSR count). The molecule has 1 aromatic heterocycles. The summed E-state index contributed by atoms with van der Waals surface area (Å²) in [4.78, 5) is 31.9. The van der Waals surface area contributed by atoms with Gasteiger partial charge in [-0.15, -0.1) is 0 Å². The second-order valence-electron chi connectivity index (χ2n) is 8.04. The lowest BCUT2D eigenvalue weighted by atomic mass is 9.93. The molecule has 1 aromatic rings. The van der Waals surface area contributed by atoms with Crippen molar-refractivity contribution in [2.45, 2.75) is 45.1 Å². The molecule has 1 amide bonds. The highest BCUT2D eigenvalue weighted by Crippen LogP contribution is 2.54. The van der Waals surface area contributed by atoms with Crippen molar-refractivity contribution < 1.29 is 19.4 Å². The average Bonchev–Trinajstić information content (AvgIpc) is 3.26. The highest BCUT2D eigenvalue weighted by Gasteiger charge is 2.45. The normalized spacial score (nSPS) is 23.7. The number of nitrogens with zero attached hydrogens (tertiary/aromatic N) is 3. The Balaban J connectivity index is 1.69. The van der Waals surface area contributed by atoms with Gasteiger partial charge in [0.2, 0.25) is 0 Å². The molecule has 0 aromatic carbocycles. The van der Waals surface area contributed by atoms with Crippen LogP contribution in [-0.2, 0) is 4.74 Å². The molecule has 0 unspecified atom stereocenters. The van der Waals surface area contributed by atoms with Crippen LogP contribution < -0.4 is 9.80 Å². The van der Waals surface area contributed by atoms with Gasteiger partial charge in [0.25, 0.3) is 0 Å². The SMILES string of the molecule is CC1(C)COC(=O)N1c1ccc(C(=O)O)c(N2CCC3(CC2)CC3)n1. The van der Waals surface area contributed by atoms with Crippen LogP contribution in [0.4, 0.5) is 16.4 Å². The fourth-order valence-electron chi connectivity index (χ4n) is 3.86. The first-order valence-electron chi connectivity index (χ1n) is 8.78. The van der Waals surface area contributed by atoms with E-state index < -0.39 is 17.6 Å². The van der Waals surface area contributed by atoms with Crippen LogP contribution in [0.2, 0.25) is 0 Å². The van der Waals surface area contributed by atoms with Gasteiger partial charge in [-0.25, -0.2) is 14.6 Å². The molecule has 1 spiro atoms. The molecule has 7 nitrogen and oxygen atoms in total. The fraction of sp³-hybridized carbons (Fsp3) is 0.611. The molecule has 2 saturated heterocycles. The third kappa shape index (κ3) is 2.71. The number of piperidine rings is 1. The van der Waals surface area contributed by atoms with Crippen LogP contribution in [0.25, 0.3) is 0 Å². The van der Waals surface area contributed by atoms with Gasteiger partial charge in [0.15, 0.2) is 0 Å². The second-order valence-corrected chi connectivity index (χ2v) is 8.04. The molecule has 1 aliphatic carbocycles. The Morgan fingerprint density at radius 2 is 1.88 bits per heavy atom. The van der Waals surface area contributed by atoms with Crippen LogP contribution in [0.5, 0.6) is 0 Å². The lowest BCUT2D eigenvalue weighted by Gasteiger charge is -2.34. The number of hydrogen-bond donors (Lipinski definition) is 1. The van der Waals surface area contributed by atoms with E-state index in [4.69, 9.17) is 4.74 Å². The maximum Gasteiger partial charge on any atom is 0.416 e. The molecule has 0 bridgehead atoms. The molecule has 3 fully saturated rings. The highest BCUT2D eigenvalue weighted by molar-refractivity contribution is 5.95. The van der Waals surface area contributed by atoms with Crippen molar-refractivity contribution in [2.75, 3.05) is 29.5 Å². The number of ether oxygens (including phenoxy) is 1. The van der Waals surface area contributed by atoms with E-state index in [0.717, 1.165) is 25.9 Å². The Hall–Kier alpha value is -2.31. The van der Waals surface area contributed by atoms with Gasteiger partial charge in [0.05, 0.1) is 5.54 Å². The molecule has 1 saturated carbocycles. The Morgan fingerprint density at radius 1 is 1.20 bits per heavy atom. The van der Waals surface area contributed by atoms with Crippen molar-refractivity contribution >= 4 is 23.7 Å². The number of hydrogen-bond acceptors (Lipinski definition) is 5. The number of aromatic nitrogens is 1. The largest absolute Gasteiger partial charge is 0.478 e. The number of cyclic esters (lactones) is 1. The summed E-state index contributed by atoms with van der Waals surface area (Å²) in [6.07, 6.45) is 4.29. The summed E-state index contributed by atoms with van der Waals surface area (Å²) in [6, 6.07) is 3.14. The number of carboxylic acids is 1. The molecule has 1 N–H and O–H groups in total. The summed E-state index contributed by atoms with van der Waals surface area (Å²) < 4.78 is 5.15. The predicted molar refractivity (Wildman–Crippen MR) is 92.2 cm³/mol. The number of amides is 1. The zero-order chi connectivity index (χ0) is 17.8. The van der Waals surface area contributed by atoms with Crippen molar-refractivity contribution in [1.29, 1.82) is 0 Å². The van der Waals surface area contributed by atoms with Crippen molar-refractivity contribution in [3.63, 3.8) is 0 Å². The van der Waals surface area contributed by atoms with E-state index in [2.05, 4.69) is 4.98 Å². The Labute approximate surface area is 146 Å². The first kappa shape index (κ1) is 16.2. The standard InChI is InChI=1S/C18H23N3O4/c1-17(2)11-25-16(24)21(17)13-4-3-12(15(22)23)14(19-13)20-9-7-18(5-6-18)8-10-20/h3-4H,5-11H2,1-2H3,(H,22,23). The Kier molecular flexibility index (Phi) is 3.46. The molecule has 0 atom stereocenters. The summed E-state index contributed by atoms with van der Waals surface area (Å²) in [5, 5.41) is 9.55. The lowest BCUT2D eigenvalue weighted by Crippen LogP contribution is -2.43. The monoisotopic (exact) mass is 345 g/mol. The van der Waals surface area contributed by atoms with Gasteiger partial charge in [0.1, 0.15) is 23.8 Å². The maximum atomic E-state index is 12.1.